The van der Waals surface area contributed by atoms with Crippen molar-refractivity contribution in [3.05, 3.63) is 82.4 Å². The number of halogens is 1. The molecule has 2 atom stereocenters. The Hall–Kier alpha value is -5.15. The van der Waals surface area contributed by atoms with Crippen LogP contribution >= 0.6 is 11.6 Å². The van der Waals surface area contributed by atoms with Crippen LogP contribution in [0.2, 0.25) is 5.02 Å². The van der Waals surface area contributed by atoms with E-state index in [2.05, 4.69) is 15.4 Å². The Morgan fingerprint density at radius 2 is 1.71 bits per heavy atom. The van der Waals surface area contributed by atoms with Crippen LogP contribution in [0.3, 0.4) is 0 Å². The summed E-state index contributed by atoms with van der Waals surface area (Å²) >= 11 is 6.51. The minimum Gasteiger partial charge on any atom is -0.449 e. The molecule has 14 nitrogen and oxygen atoms in total. The zero-order valence-electron chi connectivity index (χ0n) is 26.2. The van der Waals surface area contributed by atoms with Crippen molar-refractivity contribution < 1.29 is 42.7 Å². The molecule has 3 aliphatic heterocycles. The van der Waals surface area contributed by atoms with E-state index in [9.17, 15) is 24.0 Å². The van der Waals surface area contributed by atoms with Crippen LogP contribution in [0.25, 0.3) is 11.0 Å². The van der Waals surface area contributed by atoms with E-state index in [4.69, 9.17) is 30.3 Å². The fraction of sp³-hybridized carbons (Fsp3) is 0.294. The van der Waals surface area contributed by atoms with Gasteiger partial charge in [-0.2, -0.15) is 0 Å². The molecule has 2 unspecified atom stereocenters. The van der Waals surface area contributed by atoms with Gasteiger partial charge < -0.3 is 29.0 Å². The van der Waals surface area contributed by atoms with E-state index in [-0.39, 0.29) is 41.4 Å². The molecule has 0 bridgehead atoms. The molecule has 2 fully saturated rings. The molecule has 4 amide bonds. The van der Waals surface area contributed by atoms with Crippen molar-refractivity contribution in [2.75, 3.05) is 54.6 Å². The number of benzene rings is 3. The average Bonchev–Trinajstić information content (AvgIpc) is 3.62. The number of imide groups is 1. The summed E-state index contributed by atoms with van der Waals surface area (Å²) in [4.78, 5) is 70.2. The first-order valence-corrected chi connectivity index (χ1v) is 15.9. The number of rotatable bonds is 8. The first-order valence-electron chi connectivity index (χ1n) is 15.6. The van der Waals surface area contributed by atoms with Gasteiger partial charge in [0.15, 0.2) is 17.5 Å². The molecule has 1 aromatic heterocycles. The van der Waals surface area contributed by atoms with Gasteiger partial charge in [0.1, 0.15) is 0 Å². The number of anilines is 3. The molecular weight excluding hydrogens is 658 g/mol. The second kappa shape index (κ2) is 13.4. The largest absolute Gasteiger partial charge is 0.449 e. The highest BCUT2D eigenvalue weighted by Crippen LogP contribution is 2.34. The van der Waals surface area contributed by atoms with Crippen LogP contribution in [-0.4, -0.2) is 91.3 Å². The highest BCUT2D eigenvalue weighted by molar-refractivity contribution is 6.35. The van der Waals surface area contributed by atoms with Gasteiger partial charge in [-0.1, -0.05) is 28.9 Å². The molecule has 3 aliphatic rings. The van der Waals surface area contributed by atoms with Crippen molar-refractivity contribution in [1.82, 2.24) is 10.1 Å². The highest BCUT2D eigenvalue weighted by atomic mass is 35.5. The molecule has 0 saturated carbocycles. The SMILES string of the molecule is CC(=O)OC(C(=O)Nc1ccc2c(N3C(=O)c4ccccc4C3=O)noc2c1)C1OCCN(c2ccc(Cl)c(CN3CCOCC3)c2)C1=O. The molecule has 49 heavy (non-hydrogen) atoms. The monoisotopic (exact) mass is 687 g/mol. The molecule has 0 aliphatic carbocycles. The quantitative estimate of drug-likeness (QED) is 0.214. The maximum Gasteiger partial charge on any atom is 0.303 e. The lowest BCUT2D eigenvalue weighted by atomic mass is 10.1. The Morgan fingerprint density at radius 3 is 2.43 bits per heavy atom. The third-order valence-electron chi connectivity index (χ3n) is 8.51. The smallest absolute Gasteiger partial charge is 0.303 e. The lowest BCUT2D eigenvalue weighted by Gasteiger charge is -2.35. The van der Waals surface area contributed by atoms with Crippen LogP contribution < -0.4 is 15.1 Å². The molecule has 252 valence electrons. The first kappa shape index (κ1) is 32.4. The molecular formula is C34H30ClN5O9. The number of nitrogens with zero attached hydrogens (tertiary/aromatic N) is 4. The Morgan fingerprint density at radius 1 is 0.980 bits per heavy atom. The summed E-state index contributed by atoms with van der Waals surface area (Å²) in [6.07, 6.45) is -3.07. The highest BCUT2D eigenvalue weighted by Gasteiger charge is 2.43. The maximum absolute atomic E-state index is 13.8. The summed E-state index contributed by atoms with van der Waals surface area (Å²) in [5.74, 6) is -3.23. The third kappa shape index (κ3) is 6.26. The van der Waals surface area contributed by atoms with E-state index in [0.717, 1.165) is 30.5 Å². The molecule has 0 spiro atoms. The van der Waals surface area contributed by atoms with Gasteiger partial charge in [0.2, 0.25) is 6.10 Å². The summed E-state index contributed by atoms with van der Waals surface area (Å²) < 4.78 is 22.0. The topological polar surface area (TPSA) is 161 Å². The number of carbonyl (C=O) groups excluding carboxylic acids is 5. The first-order chi connectivity index (χ1) is 23.7. The molecule has 7 rings (SSSR count). The van der Waals surface area contributed by atoms with Crippen LogP contribution in [-0.2, 0) is 35.1 Å². The molecule has 3 aromatic carbocycles. The minimum absolute atomic E-state index is 0.00783. The van der Waals surface area contributed by atoms with Crippen molar-refractivity contribution in [1.29, 1.82) is 0 Å². The number of aromatic nitrogens is 1. The Labute approximate surface area is 284 Å². The van der Waals surface area contributed by atoms with E-state index >= 15 is 0 Å². The Bertz CT molecular complexity index is 1960. The van der Waals surface area contributed by atoms with Gasteiger partial charge in [-0.05, 0) is 48.0 Å². The average molecular weight is 688 g/mol. The lowest BCUT2D eigenvalue weighted by Crippen LogP contribution is -2.56. The van der Waals surface area contributed by atoms with Crippen LogP contribution in [0, 0.1) is 0 Å². The summed E-state index contributed by atoms with van der Waals surface area (Å²) in [5.41, 5.74) is 2.29. The summed E-state index contributed by atoms with van der Waals surface area (Å²) in [5, 5.41) is 7.52. The second-order valence-corrected chi connectivity index (χ2v) is 12.1. The van der Waals surface area contributed by atoms with Gasteiger partial charge in [0.05, 0.1) is 36.3 Å². The molecule has 2 saturated heterocycles. The van der Waals surface area contributed by atoms with Gasteiger partial charge in [-0.3, -0.25) is 28.9 Å². The zero-order valence-corrected chi connectivity index (χ0v) is 27.0. The number of morpholine rings is 2. The van der Waals surface area contributed by atoms with E-state index < -0.39 is 41.8 Å². The van der Waals surface area contributed by atoms with Gasteiger partial charge >= 0.3 is 5.97 Å². The number of esters is 1. The fourth-order valence-corrected chi connectivity index (χ4v) is 6.30. The second-order valence-electron chi connectivity index (χ2n) is 11.7. The zero-order chi connectivity index (χ0) is 34.2. The number of nitrogens with one attached hydrogen (secondary N) is 1. The van der Waals surface area contributed by atoms with E-state index in [1.54, 1.807) is 36.4 Å². The third-order valence-corrected chi connectivity index (χ3v) is 8.88. The van der Waals surface area contributed by atoms with Crippen molar-refractivity contribution in [3.8, 4) is 0 Å². The molecule has 4 heterocycles. The van der Waals surface area contributed by atoms with Crippen molar-refractivity contribution >= 4 is 69.4 Å². The van der Waals surface area contributed by atoms with Crippen LogP contribution in [0.1, 0.15) is 33.2 Å². The predicted molar refractivity (Wildman–Crippen MR) is 175 cm³/mol. The van der Waals surface area contributed by atoms with E-state index in [0.29, 0.717) is 35.9 Å². The number of hydrogen-bond donors (Lipinski definition) is 1. The number of ether oxygens (including phenoxy) is 3. The van der Waals surface area contributed by atoms with Crippen molar-refractivity contribution in [3.63, 3.8) is 0 Å². The summed E-state index contributed by atoms with van der Waals surface area (Å²) in [6, 6.07) is 16.2. The normalized spacial score (nSPS) is 18.9. The van der Waals surface area contributed by atoms with Gasteiger partial charge in [0.25, 0.3) is 23.6 Å². The Kier molecular flexibility index (Phi) is 8.86. The maximum atomic E-state index is 13.8. The fourth-order valence-electron chi connectivity index (χ4n) is 6.12. The van der Waals surface area contributed by atoms with Crippen molar-refractivity contribution in [2.45, 2.75) is 25.7 Å². The van der Waals surface area contributed by atoms with Gasteiger partial charge in [-0.25, -0.2) is 4.90 Å². The number of fused-ring (bicyclic) bond motifs is 2. The van der Waals surface area contributed by atoms with Gasteiger partial charge in [0, 0.05) is 55.6 Å². The standard InChI is InChI=1S/C34H30ClN5O9/c1-19(41)48-28(29-34(45)39(12-15-47-29)22-7-9-26(35)20(16-22)18-38-10-13-46-14-11-38)31(42)36-21-6-8-25-27(17-21)49-37-30(25)40-32(43)23-4-2-3-5-24(23)33(40)44/h2-9,16-17,28-29H,10-15,18H2,1H3,(H,36,42). The van der Waals surface area contributed by atoms with Crippen molar-refractivity contribution in [2.24, 2.45) is 0 Å². The number of amides is 4. The van der Waals surface area contributed by atoms with E-state index in [1.165, 1.54) is 23.1 Å². The summed E-state index contributed by atoms with van der Waals surface area (Å²) in [7, 11) is 0. The van der Waals surface area contributed by atoms with Crippen LogP contribution in [0.5, 0.6) is 0 Å². The summed E-state index contributed by atoms with van der Waals surface area (Å²) in [6.45, 7) is 4.77. The number of carbonyl (C=O) groups is 5. The van der Waals surface area contributed by atoms with Crippen LogP contribution in [0.15, 0.2) is 65.2 Å². The van der Waals surface area contributed by atoms with Gasteiger partial charge in [-0.15, -0.1) is 0 Å². The lowest BCUT2D eigenvalue weighted by molar-refractivity contribution is -0.167. The number of hydrogen-bond acceptors (Lipinski definition) is 11. The molecule has 15 heteroatoms. The minimum atomic E-state index is -1.63. The molecule has 1 N–H and O–H groups in total. The van der Waals surface area contributed by atoms with E-state index in [1.807, 2.05) is 6.07 Å². The Balaban J connectivity index is 1.09. The molecule has 4 aromatic rings. The van der Waals surface area contributed by atoms with Crippen LogP contribution in [0.4, 0.5) is 17.2 Å². The molecule has 0 radical (unpaired) electrons. The predicted octanol–water partition coefficient (Wildman–Crippen LogP) is 3.42.